The number of carbonyl (C=O) groups excluding carboxylic acids is 2. The summed E-state index contributed by atoms with van der Waals surface area (Å²) < 4.78 is 1.52. The Labute approximate surface area is 172 Å². The Balaban J connectivity index is 1.45. The Kier molecular flexibility index (Phi) is 5.85. The molecule has 2 aromatic carbocycles. The molecule has 1 fully saturated rings. The summed E-state index contributed by atoms with van der Waals surface area (Å²) in [6, 6.07) is 14.6. The zero-order chi connectivity index (χ0) is 20.1. The highest BCUT2D eigenvalue weighted by atomic mass is 32.2. The first-order chi connectivity index (χ1) is 14.2. The second-order valence-electron chi connectivity index (χ2n) is 6.63. The number of tetrazole rings is 1. The van der Waals surface area contributed by atoms with E-state index < -0.39 is 0 Å². The van der Waals surface area contributed by atoms with E-state index in [0.29, 0.717) is 17.0 Å². The van der Waals surface area contributed by atoms with Crippen molar-refractivity contribution in [2.24, 2.45) is 0 Å². The Bertz CT molecular complexity index is 1000. The van der Waals surface area contributed by atoms with E-state index in [-0.39, 0.29) is 11.8 Å². The molecular weight excluding hydrogens is 388 g/mol. The number of thioether (sulfide) groups is 1. The molecule has 0 aliphatic carbocycles. The molecule has 2 amide bonds. The summed E-state index contributed by atoms with van der Waals surface area (Å²) in [5.41, 5.74) is 1.92. The molecule has 1 aliphatic rings. The van der Waals surface area contributed by atoms with Crippen molar-refractivity contribution in [3.63, 3.8) is 0 Å². The Hall–Kier alpha value is -3.20. The molecule has 0 unspecified atom stereocenters. The topological polar surface area (TPSA) is 93.0 Å². The van der Waals surface area contributed by atoms with Crippen molar-refractivity contribution in [2.75, 3.05) is 24.2 Å². The van der Waals surface area contributed by atoms with Crippen molar-refractivity contribution in [2.45, 2.75) is 17.7 Å². The third-order valence-electron chi connectivity index (χ3n) is 4.66. The lowest BCUT2D eigenvalue weighted by Crippen LogP contribution is -2.29. The van der Waals surface area contributed by atoms with Gasteiger partial charge in [0.15, 0.2) is 0 Å². The molecule has 0 saturated carbocycles. The van der Waals surface area contributed by atoms with Gasteiger partial charge in [-0.1, -0.05) is 18.2 Å². The van der Waals surface area contributed by atoms with Crippen molar-refractivity contribution < 1.29 is 9.59 Å². The van der Waals surface area contributed by atoms with Gasteiger partial charge in [0.25, 0.3) is 5.91 Å². The lowest BCUT2D eigenvalue weighted by molar-refractivity contribution is -0.127. The van der Waals surface area contributed by atoms with E-state index in [4.69, 9.17) is 0 Å². The van der Waals surface area contributed by atoms with Gasteiger partial charge in [0.1, 0.15) is 6.33 Å². The van der Waals surface area contributed by atoms with Gasteiger partial charge >= 0.3 is 0 Å². The first-order valence-electron chi connectivity index (χ1n) is 9.35. The van der Waals surface area contributed by atoms with Crippen LogP contribution in [0, 0.1) is 0 Å². The summed E-state index contributed by atoms with van der Waals surface area (Å²) >= 11 is 1.40. The molecule has 1 aliphatic heterocycles. The first kappa shape index (κ1) is 19.1. The van der Waals surface area contributed by atoms with Crippen LogP contribution in [0.3, 0.4) is 0 Å². The van der Waals surface area contributed by atoms with Crippen LogP contribution in [0.15, 0.2) is 59.8 Å². The summed E-state index contributed by atoms with van der Waals surface area (Å²) in [4.78, 5) is 27.9. The smallest absolute Gasteiger partial charge is 0.256 e. The third kappa shape index (κ3) is 4.62. The standard InChI is InChI=1S/C20H20N6O2S/c27-19(25-10-3-4-11-25)13-29-18-9-2-1-8-17(18)20(28)22-15-6-5-7-16(12-15)26-14-21-23-24-26/h1-2,5-9,12,14H,3-4,10-11,13H2,(H,22,28). The lowest BCUT2D eigenvalue weighted by Gasteiger charge is -2.15. The normalized spacial score (nSPS) is 13.4. The Morgan fingerprint density at radius 3 is 2.69 bits per heavy atom. The predicted molar refractivity (Wildman–Crippen MR) is 110 cm³/mol. The fourth-order valence-electron chi connectivity index (χ4n) is 3.18. The van der Waals surface area contributed by atoms with E-state index in [1.165, 1.54) is 22.8 Å². The lowest BCUT2D eigenvalue weighted by atomic mass is 10.2. The van der Waals surface area contributed by atoms with Crippen LogP contribution in [0.1, 0.15) is 23.2 Å². The van der Waals surface area contributed by atoms with Gasteiger partial charge in [0.2, 0.25) is 5.91 Å². The summed E-state index contributed by atoms with van der Waals surface area (Å²) in [5.74, 6) is 0.228. The largest absolute Gasteiger partial charge is 0.342 e. The highest BCUT2D eigenvalue weighted by Gasteiger charge is 2.19. The molecule has 3 aromatic rings. The number of nitrogens with zero attached hydrogens (tertiary/aromatic N) is 5. The SMILES string of the molecule is O=C(Nc1cccc(-n2cnnn2)c1)c1ccccc1SCC(=O)N1CCCC1. The number of rotatable bonds is 6. The average Bonchev–Trinajstić information content (AvgIpc) is 3.47. The minimum Gasteiger partial charge on any atom is -0.342 e. The van der Waals surface area contributed by atoms with Crippen LogP contribution >= 0.6 is 11.8 Å². The minimum absolute atomic E-state index is 0.122. The number of aromatic nitrogens is 4. The first-order valence-corrected chi connectivity index (χ1v) is 10.3. The summed E-state index contributed by atoms with van der Waals surface area (Å²) in [7, 11) is 0. The molecule has 1 saturated heterocycles. The van der Waals surface area contributed by atoms with Crippen molar-refractivity contribution >= 4 is 29.3 Å². The maximum absolute atomic E-state index is 12.9. The Morgan fingerprint density at radius 1 is 1.07 bits per heavy atom. The van der Waals surface area contributed by atoms with E-state index >= 15 is 0 Å². The molecule has 8 nitrogen and oxygen atoms in total. The molecular formula is C20H20N6O2S. The van der Waals surface area contributed by atoms with E-state index in [1.54, 1.807) is 18.2 Å². The van der Waals surface area contributed by atoms with Crippen molar-refractivity contribution in [3.05, 3.63) is 60.4 Å². The van der Waals surface area contributed by atoms with Gasteiger partial charge in [0, 0.05) is 23.7 Å². The molecule has 29 heavy (non-hydrogen) atoms. The van der Waals surface area contributed by atoms with E-state index in [9.17, 15) is 9.59 Å². The average molecular weight is 408 g/mol. The van der Waals surface area contributed by atoms with Crippen LogP contribution in [-0.4, -0.2) is 55.8 Å². The molecule has 1 N–H and O–H groups in total. The fourth-order valence-corrected chi connectivity index (χ4v) is 4.13. The van der Waals surface area contributed by atoms with Crippen molar-refractivity contribution in [1.29, 1.82) is 0 Å². The van der Waals surface area contributed by atoms with Gasteiger partial charge in [-0.05, 0) is 53.6 Å². The van der Waals surface area contributed by atoms with Crippen molar-refractivity contribution in [1.82, 2.24) is 25.1 Å². The van der Waals surface area contributed by atoms with Gasteiger partial charge in [0.05, 0.1) is 17.0 Å². The van der Waals surface area contributed by atoms with Gasteiger partial charge < -0.3 is 10.2 Å². The summed E-state index contributed by atoms with van der Waals surface area (Å²) in [5, 5.41) is 14.0. The summed E-state index contributed by atoms with van der Waals surface area (Å²) in [6.45, 7) is 1.66. The van der Waals surface area contributed by atoms with E-state index in [1.807, 2.05) is 35.2 Å². The molecule has 9 heteroatoms. The Morgan fingerprint density at radius 2 is 1.90 bits per heavy atom. The third-order valence-corrected chi connectivity index (χ3v) is 5.72. The van der Waals surface area contributed by atoms with Crippen LogP contribution in [0.4, 0.5) is 5.69 Å². The van der Waals surface area contributed by atoms with Gasteiger partial charge in [-0.2, -0.15) is 0 Å². The molecule has 148 valence electrons. The molecule has 4 rings (SSSR count). The number of likely N-dealkylation sites (tertiary alicyclic amines) is 1. The van der Waals surface area contributed by atoms with Crippen LogP contribution in [0.5, 0.6) is 0 Å². The highest BCUT2D eigenvalue weighted by Crippen LogP contribution is 2.25. The van der Waals surface area contributed by atoms with Gasteiger partial charge in [-0.25, -0.2) is 4.68 Å². The summed E-state index contributed by atoms with van der Waals surface area (Å²) in [6.07, 6.45) is 3.63. The number of carbonyl (C=O) groups is 2. The highest BCUT2D eigenvalue weighted by molar-refractivity contribution is 8.00. The number of amides is 2. The number of hydrogen-bond acceptors (Lipinski definition) is 6. The second kappa shape index (κ2) is 8.87. The van der Waals surface area contributed by atoms with Crippen LogP contribution in [0.25, 0.3) is 5.69 Å². The zero-order valence-electron chi connectivity index (χ0n) is 15.7. The van der Waals surface area contributed by atoms with Crippen LogP contribution in [-0.2, 0) is 4.79 Å². The van der Waals surface area contributed by atoms with Crippen LogP contribution in [0.2, 0.25) is 0 Å². The molecule has 0 spiro atoms. The van der Waals surface area contributed by atoms with Gasteiger partial charge in [-0.15, -0.1) is 16.9 Å². The van der Waals surface area contributed by atoms with Crippen molar-refractivity contribution in [3.8, 4) is 5.69 Å². The maximum Gasteiger partial charge on any atom is 0.256 e. The maximum atomic E-state index is 12.9. The molecule has 0 radical (unpaired) electrons. The number of hydrogen-bond donors (Lipinski definition) is 1. The van der Waals surface area contributed by atoms with Gasteiger partial charge in [-0.3, -0.25) is 9.59 Å². The second-order valence-corrected chi connectivity index (χ2v) is 7.65. The van der Waals surface area contributed by atoms with Crippen LogP contribution < -0.4 is 5.32 Å². The fraction of sp³-hybridized carbons (Fsp3) is 0.250. The molecule has 0 bridgehead atoms. The number of nitrogens with one attached hydrogen (secondary N) is 1. The number of benzene rings is 2. The van der Waals surface area contributed by atoms with E-state index in [0.717, 1.165) is 36.5 Å². The monoisotopic (exact) mass is 408 g/mol. The number of anilines is 1. The molecule has 1 aromatic heterocycles. The molecule has 0 atom stereocenters. The quantitative estimate of drug-likeness (QED) is 0.631. The predicted octanol–water partition coefficient (Wildman–Crippen LogP) is 2.63. The van der Waals surface area contributed by atoms with E-state index in [2.05, 4.69) is 20.8 Å². The minimum atomic E-state index is -0.226. The molecule has 2 heterocycles. The zero-order valence-corrected chi connectivity index (χ0v) is 16.5.